The number of halogens is 1. The van der Waals surface area contributed by atoms with Crippen molar-refractivity contribution in [3.63, 3.8) is 0 Å². The Morgan fingerprint density at radius 2 is 1.80 bits per heavy atom. The second-order valence-corrected chi connectivity index (χ2v) is 6.35. The van der Waals surface area contributed by atoms with Crippen LogP contribution in [0.3, 0.4) is 0 Å². The van der Waals surface area contributed by atoms with Gasteiger partial charge in [0.15, 0.2) is 0 Å². The Bertz CT molecular complexity index is 467. The van der Waals surface area contributed by atoms with Crippen LogP contribution in [0.5, 0.6) is 0 Å². The summed E-state index contributed by atoms with van der Waals surface area (Å²) < 4.78 is 0. The number of hydrogen-bond acceptors (Lipinski definition) is 2. The number of benzene rings is 1. The summed E-state index contributed by atoms with van der Waals surface area (Å²) in [6.45, 7) is 0.777. The Labute approximate surface area is 126 Å². The fraction of sp³-hybridized carbons (Fsp3) is 0.562. The molecule has 3 nitrogen and oxygen atoms in total. The molecule has 2 fully saturated rings. The number of amides is 1. The average Bonchev–Trinajstić information content (AvgIpc) is 3.13. The van der Waals surface area contributed by atoms with Gasteiger partial charge in [0.05, 0.1) is 5.54 Å². The fourth-order valence-corrected chi connectivity index (χ4v) is 2.93. The lowest BCUT2D eigenvalue weighted by molar-refractivity contribution is -0.124. The molecular formula is C16H23ClN2O. The molecule has 4 heteroatoms. The average molecular weight is 295 g/mol. The van der Waals surface area contributed by atoms with E-state index >= 15 is 0 Å². The molecule has 0 saturated heterocycles. The molecule has 2 aliphatic rings. The molecule has 2 aliphatic carbocycles. The van der Waals surface area contributed by atoms with Gasteiger partial charge < -0.3 is 11.1 Å². The standard InChI is InChI=1S/C16H22N2O.ClH/c17-16(9-10-16)14(19)18-12-15(7-4-8-15)11-13-5-2-1-3-6-13;/h1-3,5-6H,4,7-12,17H2,(H,18,19);1H. The van der Waals surface area contributed by atoms with E-state index < -0.39 is 5.54 Å². The van der Waals surface area contributed by atoms with Crippen molar-refractivity contribution in [2.24, 2.45) is 11.1 Å². The molecular weight excluding hydrogens is 272 g/mol. The molecule has 1 amide bonds. The molecule has 0 atom stereocenters. The van der Waals surface area contributed by atoms with Crippen molar-refractivity contribution < 1.29 is 4.79 Å². The van der Waals surface area contributed by atoms with Crippen LogP contribution in [0.2, 0.25) is 0 Å². The third-order valence-corrected chi connectivity index (χ3v) is 4.70. The van der Waals surface area contributed by atoms with Gasteiger partial charge in [0.25, 0.3) is 0 Å². The summed E-state index contributed by atoms with van der Waals surface area (Å²) in [5.41, 5.74) is 7.01. The first-order valence-electron chi connectivity index (χ1n) is 7.23. The first-order chi connectivity index (χ1) is 9.12. The van der Waals surface area contributed by atoms with Crippen LogP contribution in [0.1, 0.15) is 37.7 Å². The first kappa shape index (κ1) is 15.3. The molecule has 0 spiro atoms. The zero-order valence-electron chi connectivity index (χ0n) is 11.7. The van der Waals surface area contributed by atoms with Gasteiger partial charge in [-0.1, -0.05) is 36.8 Å². The van der Waals surface area contributed by atoms with E-state index in [1.54, 1.807) is 0 Å². The van der Waals surface area contributed by atoms with E-state index in [4.69, 9.17) is 5.73 Å². The predicted molar refractivity (Wildman–Crippen MR) is 82.8 cm³/mol. The highest BCUT2D eigenvalue weighted by Gasteiger charge is 2.47. The minimum atomic E-state index is -0.544. The molecule has 0 heterocycles. The van der Waals surface area contributed by atoms with E-state index in [1.807, 2.05) is 6.07 Å². The van der Waals surface area contributed by atoms with Crippen molar-refractivity contribution in [1.29, 1.82) is 0 Å². The van der Waals surface area contributed by atoms with Crippen LogP contribution in [-0.4, -0.2) is 18.0 Å². The maximum Gasteiger partial charge on any atom is 0.240 e. The Morgan fingerprint density at radius 1 is 1.15 bits per heavy atom. The van der Waals surface area contributed by atoms with Crippen molar-refractivity contribution in [3.8, 4) is 0 Å². The van der Waals surface area contributed by atoms with Crippen LogP contribution < -0.4 is 11.1 Å². The lowest BCUT2D eigenvalue weighted by Crippen LogP contribution is -2.49. The Balaban J connectivity index is 0.00000147. The molecule has 3 N–H and O–H groups in total. The SMILES string of the molecule is Cl.NC1(C(=O)NCC2(Cc3ccccc3)CCC2)CC1. The largest absolute Gasteiger partial charge is 0.354 e. The number of carbonyl (C=O) groups excluding carboxylic acids is 1. The molecule has 20 heavy (non-hydrogen) atoms. The third kappa shape index (κ3) is 3.15. The molecule has 0 radical (unpaired) electrons. The van der Waals surface area contributed by atoms with E-state index in [0.29, 0.717) is 0 Å². The van der Waals surface area contributed by atoms with E-state index in [9.17, 15) is 4.79 Å². The summed E-state index contributed by atoms with van der Waals surface area (Å²) in [7, 11) is 0. The van der Waals surface area contributed by atoms with Crippen molar-refractivity contribution in [3.05, 3.63) is 35.9 Å². The van der Waals surface area contributed by atoms with Crippen LogP contribution in [-0.2, 0) is 11.2 Å². The molecule has 2 saturated carbocycles. The minimum absolute atomic E-state index is 0. The van der Waals surface area contributed by atoms with Crippen molar-refractivity contribution in [2.75, 3.05) is 6.54 Å². The van der Waals surface area contributed by atoms with E-state index in [1.165, 1.54) is 24.8 Å². The highest BCUT2D eigenvalue weighted by atomic mass is 35.5. The number of carbonyl (C=O) groups is 1. The summed E-state index contributed by atoms with van der Waals surface area (Å²) in [5, 5.41) is 3.08. The molecule has 0 aromatic heterocycles. The van der Waals surface area contributed by atoms with Gasteiger partial charge in [-0.25, -0.2) is 0 Å². The fourth-order valence-electron chi connectivity index (χ4n) is 2.93. The highest BCUT2D eigenvalue weighted by Crippen LogP contribution is 2.43. The van der Waals surface area contributed by atoms with Gasteiger partial charge in [0, 0.05) is 6.54 Å². The zero-order valence-corrected chi connectivity index (χ0v) is 12.5. The van der Waals surface area contributed by atoms with E-state index in [0.717, 1.165) is 25.8 Å². The predicted octanol–water partition coefficient (Wildman–Crippen LogP) is 2.43. The van der Waals surface area contributed by atoms with Crippen LogP contribution in [0.15, 0.2) is 30.3 Å². The number of rotatable bonds is 5. The van der Waals surface area contributed by atoms with Gasteiger partial charge in [0.1, 0.15) is 0 Å². The molecule has 1 aromatic rings. The summed E-state index contributed by atoms with van der Waals surface area (Å²) in [4.78, 5) is 11.9. The topological polar surface area (TPSA) is 55.1 Å². The Hall–Kier alpha value is -1.06. The van der Waals surface area contributed by atoms with Crippen molar-refractivity contribution >= 4 is 18.3 Å². The molecule has 110 valence electrons. The molecule has 0 unspecified atom stereocenters. The van der Waals surface area contributed by atoms with Crippen LogP contribution in [0, 0.1) is 5.41 Å². The van der Waals surface area contributed by atoms with Gasteiger partial charge in [-0.3, -0.25) is 4.79 Å². The monoisotopic (exact) mass is 294 g/mol. The number of hydrogen-bond donors (Lipinski definition) is 2. The quantitative estimate of drug-likeness (QED) is 0.876. The maximum atomic E-state index is 11.9. The summed E-state index contributed by atoms with van der Waals surface area (Å²) in [6, 6.07) is 10.6. The molecule has 1 aromatic carbocycles. The third-order valence-electron chi connectivity index (χ3n) is 4.70. The molecule has 0 bridgehead atoms. The summed E-state index contributed by atoms with van der Waals surface area (Å²) in [6.07, 6.45) is 6.43. The summed E-state index contributed by atoms with van der Waals surface area (Å²) in [5.74, 6) is 0.0480. The second-order valence-electron chi connectivity index (χ2n) is 6.35. The molecule has 0 aliphatic heterocycles. The Kier molecular flexibility index (Phi) is 4.40. The normalized spacial score (nSPS) is 21.2. The maximum absolute atomic E-state index is 11.9. The number of nitrogens with one attached hydrogen (secondary N) is 1. The highest BCUT2D eigenvalue weighted by molar-refractivity contribution is 5.89. The van der Waals surface area contributed by atoms with Crippen LogP contribution >= 0.6 is 12.4 Å². The van der Waals surface area contributed by atoms with Crippen molar-refractivity contribution in [2.45, 2.75) is 44.1 Å². The second kappa shape index (κ2) is 5.74. The minimum Gasteiger partial charge on any atom is -0.354 e. The lowest BCUT2D eigenvalue weighted by atomic mass is 9.65. The van der Waals surface area contributed by atoms with Crippen molar-refractivity contribution in [1.82, 2.24) is 5.32 Å². The van der Waals surface area contributed by atoms with Gasteiger partial charge >= 0.3 is 0 Å². The lowest BCUT2D eigenvalue weighted by Gasteiger charge is -2.42. The van der Waals surface area contributed by atoms with Crippen LogP contribution in [0.25, 0.3) is 0 Å². The smallest absolute Gasteiger partial charge is 0.240 e. The van der Waals surface area contributed by atoms with Gasteiger partial charge in [0.2, 0.25) is 5.91 Å². The van der Waals surface area contributed by atoms with E-state index in [2.05, 4.69) is 29.6 Å². The Morgan fingerprint density at radius 3 is 2.30 bits per heavy atom. The van der Waals surface area contributed by atoms with E-state index in [-0.39, 0.29) is 23.7 Å². The first-order valence-corrected chi connectivity index (χ1v) is 7.23. The van der Waals surface area contributed by atoms with Gasteiger partial charge in [-0.15, -0.1) is 12.4 Å². The zero-order chi connectivity index (χ0) is 13.3. The summed E-state index contributed by atoms with van der Waals surface area (Å²) >= 11 is 0. The number of nitrogens with two attached hydrogens (primary N) is 1. The van der Waals surface area contributed by atoms with Crippen LogP contribution in [0.4, 0.5) is 0 Å². The van der Waals surface area contributed by atoms with Gasteiger partial charge in [-0.05, 0) is 43.1 Å². The molecule has 3 rings (SSSR count). The van der Waals surface area contributed by atoms with Gasteiger partial charge in [-0.2, -0.15) is 0 Å².